The number of aromatic nitrogens is 1. The zero-order valence-electron chi connectivity index (χ0n) is 8.97. The summed E-state index contributed by atoms with van der Waals surface area (Å²) in [5.74, 6) is 0. The summed E-state index contributed by atoms with van der Waals surface area (Å²) in [6.45, 7) is 2.05. The third-order valence-corrected chi connectivity index (χ3v) is 2.86. The molecule has 3 atom stereocenters. The minimum Gasteiger partial charge on any atom is -0.390 e. The summed E-state index contributed by atoms with van der Waals surface area (Å²) >= 11 is 0. The van der Waals surface area contributed by atoms with E-state index in [4.69, 9.17) is 4.74 Å². The molecule has 1 aromatic heterocycles. The standard InChI is InChI=1S/C12H17NO2/c1-9-4-5-12(15-9)11(14)7-10-3-2-6-13-8-10/h2-3,6,8-9,11-12,14H,4-5,7H2,1H3. The molecule has 1 aliphatic rings. The Balaban J connectivity index is 1.90. The van der Waals surface area contributed by atoms with E-state index >= 15 is 0 Å². The van der Waals surface area contributed by atoms with Crippen LogP contribution in [0.15, 0.2) is 24.5 Å². The molecule has 2 rings (SSSR count). The van der Waals surface area contributed by atoms with Crippen molar-refractivity contribution in [2.24, 2.45) is 0 Å². The van der Waals surface area contributed by atoms with Crippen molar-refractivity contribution in [3.63, 3.8) is 0 Å². The number of hydrogen-bond acceptors (Lipinski definition) is 3. The lowest BCUT2D eigenvalue weighted by molar-refractivity contribution is -0.0278. The highest BCUT2D eigenvalue weighted by Crippen LogP contribution is 2.23. The molecule has 3 nitrogen and oxygen atoms in total. The van der Waals surface area contributed by atoms with Gasteiger partial charge in [0.25, 0.3) is 0 Å². The fraction of sp³-hybridized carbons (Fsp3) is 0.583. The first-order chi connectivity index (χ1) is 7.25. The van der Waals surface area contributed by atoms with Gasteiger partial charge in [-0.2, -0.15) is 0 Å². The van der Waals surface area contributed by atoms with Gasteiger partial charge in [0.05, 0.1) is 18.3 Å². The van der Waals surface area contributed by atoms with Crippen LogP contribution in [0.4, 0.5) is 0 Å². The van der Waals surface area contributed by atoms with Crippen molar-refractivity contribution in [2.75, 3.05) is 0 Å². The van der Waals surface area contributed by atoms with E-state index in [1.165, 1.54) is 0 Å². The van der Waals surface area contributed by atoms with Crippen LogP contribution in [0.25, 0.3) is 0 Å². The highest BCUT2D eigenvalue weighted by molar-refractivity contribution is 5.10. The number of hydrogen-bond donors (Lipinski definition) is 1. The van der Waals surface area contributed by atoms with Gasteiger partial charge >= 0.3 is 0 Å². The molecule has 0 aromatic carbocycles. The fourth-order valence-corrected chi connectivity index (χ4v) is 2.01. The summed E-state index contributed by atoms with van der Waals surface area (Å²) in [7, 11) is 0. The van der Waals surface area contributed by atoms with Crippen molar-refractivity contribution in [2.45, 2.75) is 44.5 Å². The minimum atomic E-state index is -0.404. The Labute approximate surface area is 90.1 Å². The molecule has 1 aliphatic heterocycles. The van der Waals surface area contributed by atoms with E-state index in [0.717, 1.165) is 18.4 Å². The molecule has 0 spiro atoms. The summed E-state index contributed by atoms with van der Waals surface area (Å²) in [5.41, 5.74) is 1.06. The Morgan fingerprint density at radius 1 is 1.60 bits per heavy atom. The van der Waals surface area contributed by atoms with Crippen molar-refractivity contribution in [1.29, 1.82) is 0 Å². The zero-order chi connectivity index (χ0) is 10.7. The Hall–Kier alpha value is -0.930. The Bertz CT molecular complexity index is 302. The van der Waals surface area contributed by atoms with Crippen LogP contribution in [0, 0.1) is 0 Å². The zero-order valence-corrected chi connectivity index (χ0v) is 8.97. The van der Waals surface area contributed by atoms with Gasteiger partial charge in [-0.3, -0.25) is 4.98 Å². The molecule has 0 radical (unpaired) electrons. The fourth-order valence-electron chi connectivity index (χ4n) is 2.01. The Morgan fingerprint density at radius 3 is 3.07 bits per heavy atom. The van der Waals surface area contributed by atoms with Crippen molar-refractivity contribution >= 4 is 0 Å². The molecule has 0 aliphatic carbocycles. The van der Waals surface area contributed by atoms with Gasteiger partial charge in [-0.15, -0.1) is 0 Å². The van der Waals surface area contributed by atoms with Crippen LogP contribution in [-0.2, 0) is 11.2 Å². The Kier molecular flexibility index (Phi) is 3.34. The predicted molar refractivity (Wildman–Crippen MR) is 57.5 cm³/mol. The topological polar surface area (TPSA) is 42.4 Å². The van der Waals surface area contributed by atoms with Gasteiger partial charge < -0.3 is 9.84 Å². The summed E-state index contributed by atoms with van der Waals surface area (Å²) in [6, 6.07) is 3.87. The van der Waals surface area contributed by atoms with Gasteiger partial charge in [0, 0.05) is 18.8 Å². The molecule has 1 N–H and O–H groups in total. The second kappa shape index (κ2) is 4.73. The van der Waals surface area contributed by atoms with Crippen molar-refractivity contribution < 1.29 is 9.84 Å². The third-order valence-electron chi connectivity index (χ3n) is 2.86. The molecule has 1 saturated heterocycles. The highest BCUT2D eigenvalue weighted by atomic mass is 16.5. The quantitative estimate of drug-likeness (QED) is 0.817. The van der Waals surface area contributed by atoms with Gasteiger partial charge in [0.2, 0.25) is 0 Å². The number of aliphatic hydroxyl groups excluding tert-OH is 1. The second-order valence-corrected chi connectivity index (χ2v) is 4.20. The van der Waals surface area contributed by atoms with E-state index in [0.29, 0.717) is 12.5 Å². The first kappa shape index (κ1) is 10.6. The maximum absolute atomic E-state index is 9.97. The third kappa shape index (κ3) is 2.76. The highest BCUT2D eigenvalue weighted by Gasteiger charge is 2.28. The van der Waals surface area contributed by atoms with Gasteiger partial charge in [0.1, 0.15) is 0 Å². The lowest BCUT2D eigenvalue weighted by Crippen LogP contribution is -2.28. The molecule has 82 valence electrons. The maximum Gasteiger partial charge on any atom is 0.0842 e. The number of nitrogens with zero attached hydrogens (tertiary/aromatic N) is 1. The number of rotatable bonds is 3. The van der Waals surface area contributed by atoms with Crippen LogP contribution in [0.1, 0.15) is 25.3 Å². The normalized spacial score (nSPS) is 27.9. The summed E-state index contributed by atoms with van der Waals surface area (Å²) in [4.78, 5) is 4.03. The summed E-state index contributed by atoms with van der Waals surface area (Å²) < 4.78 is 5.62. The molecule has 0 saturated carbocycles. The molecule has 1 fully saturated rings. The van der Waals surface area contributed by atoms with Gasteiger partial charge in [-0.1, -0.05) is 6.07 Å². The van der Waals surface area contributed by atoms with Crippen LogP contribution >= 0.6 is 0 Å². The molecule has 1 aromatic rings. The van der Waals surface area contributed by atoms with E-state index in [1.807, 2.05) is 12.1 Å². The van der Waals surface area contributed by atoms with E-state index in [-0.39, 0.29) is 6.10 Å². The molecule has 3 unspecified atom stereocenters. The summed E-state index contributed by atoms with van der Waals surface area (Å²) in [6.07, 6.45) is 6.06. The van der Waals surface area contributed by atoms with Crippen LogP contribution in [0.2, 0.25) is 0 Å². The monoisotopic (exact) mass is 207 g/mol. The maximum atomic E-state index is 9.97. The van der Waals surface area contributed by atoms with E-state index < -0.39 is 6.10 Å². The van der Waals surface area contributed by atoms with Gasteiger partial charge in [0.15, 0.2) is 0 Å². The molecule has 0 amide bonds. The lowest BCUT2D eigenvalue weighted by atomic mass is 10.0. The molecule has 3 heteroatoms. The van der Waals surface area contributed by atoms with E-state index in [1.54, 1.807) is 12.4 Å². The Morgan fingerprint density at radius 2 is 2.47 bits per heavy atom. The molecule has 2 heterocycles. The van der Waals surface area contributed by atoms with Crippen LogP contribution in [0.3, 0.4) is 0 Å². The number of pyridine rings is 1. The van der Waals surface area contributed by atoms with Gasteiger partial charge in [-0.25, -0.2) is 0 Å². The molecule has 15 heavy (non-hydrogen) atoms. The van der Waals surface area contributed by atoms with E-state index in [2.05, 4.69) is 11.9 Å². The number of ether oxygens (including phenoxy) is 1. The lowest BCUT2D eigenvalue weighted by Gasteiger charge is -2.18. The molecule has 0 bridgehead atoms. The first-order valence-electron chi connectivity index (χ1n) is 5.48. The summed E-state index contributed by atoms with van der Waals surface area (Å²) in [5, 5.41) is 9.97. The molecular weight excluding hydrogens is 190 g/mol. The largest absolute Gasteiger partial charge is 0.390 e. The van der Waals surface area contributed by atoms with Crippen molar-refractivity contribution in [3.8, 4) is 0 Å². The minimum absolute atomic E-state index is 0.000191. The second-order valence-electron chi connectivity index (χ2n) is 4.20. The van der Waals surface area contributed by atoms with Crippen molar-refractivity contribution in [3.05, 3.63) is 30.1 Å². The predicted octanol–water partition coefficient (Wildman–Crippen LogP) is 1.55. The van der Waals surface area contributed by atoms with E-state index in [9.17, 15) is 5.11 Å². The van der Waals surface area contributed by atoms with Crippen LogP contribution < -0.4 is 0 Å². The first-order valence-corrected chi connectivity index (χ1v) is 5.48. The van der Waals surface area contributed by atoms with Gasteiger partial charge in [-0.05, 0) is 31.4 Å². The van der Waals surface area contributed by atoms with Crippen LogP contribution in [-0.4, -0.2) is 28.4 Å². The molecular formula is C12H17NO2. The average Bonchev–Trinajstić information content (AvgIpc) is 2.66. The smallest absolute Gasteiger partial charge is 0.0842 e. The average molecular weight is 207 g/mol. The van der Waals surface area contributed by atoms with Crippen LogP contribution in [0.5, 0.6) is 0 Å². The van der Waals surface area contributed by atoms with Crippen molar-refractivity contribution in [1.82, 2.24) is 4.98 Å². The number of aliphatic hydroxyl groups is 1. The SMILES string of the molecule is CC1CCC(C(O)Cc2cccnc2)O1.